The van der Waals surface area contributed by atoms with Crippen molar-refractivity contribution in [1.29, 1.82) is 0 Å². The molecule has 1 N–H and O–H groups in total. The average molecular weight is 443 g/mol. The molecule has 0 saturated carbocycles. The minimum absolute atomic E-state index is 0.0723. The van der Waals surface area contributed by atoms with Crippen molar-refractivity contribution in [1.82, 2.24) is 14.9 Å². The number of carbonyl (C=O) groups is 2. The highest BCUT2D eigenvalue weighted by Crippen LogP contribution is 2.20. The SMILES string of the molecule is CC(=O)c1ccc(S(=O)(=O)NC(C)C(=O)OCc2nc(-c3ccccc3C)no2)cc1. The predicted octanol–water partition coefficient (Wildman–Crippen LogP) is 2.66. The van der Waals surface area contributed by atoms with Gasteiger partial charge in [0.1, 0.15) is 6.04 Å². The Morgan fingerprint density at radius 1 is 1.13 bits per heavy atom. The summed E-state index contributed by atoms with van der Waals surface area (Å²) in [5, 5.41) is 3.88. The molecule has 10 heteroatoms. The maximum atomic E-state index is 12.4. The lowest BCUT2D eigenvalue weighted by atomic mass is 10.1. The molecule has 0 fully saturated rings. The molecule has 0 aliphatic heterocycles. The molecule has 1 aromatic heterocycles. The number of hydrogen-bond acceptors (Lipinski definition) is 8. The quantitative estimate of drug-likeness (QED) is 0.416. The predicted molar refractivity (Wildman–Crippen MR) is 110 cm³/mol. The van der Waals surface area contributed by atoms with Gasteiger partial charge in [-0.25, -0.2) is 8.42 Å². The number of carbonyl (C=O) groups excluding carboxylic acids is 2. The summed E-state index contributed by atoms with van der Waals surface area (Å²) in [5.74, 6) is -0.534. The van der Waals surface area contributed by atoms with E-state index in [9.17, 15) is 18.0 Å². The number of hydrogen-bond donors (Lipinski definition) is 1. The van der Waals surface area contributed by atoms with E-state index in [4.69, 9.17) is 9.26 Å². The Labute approximate surface area is 179 Å². The molecule has 1 heterocycles. The van der Waals surface area contributed by atoms with Crippen LogP contribution in [0.3, 0.4) is 0 Å². The molecule has 3 aromatic rings. The first kappa shape index (κ1) is 22.3. The maximum absolute atomic E-state index is 12.4. The minimum Gasteiger partial charge on any atom is -0.454 e. The van der Waals surface area contributed by atoms with Crippen molar-refractivity contribution in [2.45, 2.75) is 38.3 Å². The number of aryl methyl sites for hydroxylation is 1. The van der Waals surface area contributed by atoms with Gasteiger partial charge in [0.15, 0.2) is 12.4 Å². The van der Waals surface area contributed by atoms with Gasteiger partial charge in [0.25, 0.3) is 5.89 Å². The number of rotatable bonds is 8. The lowest BCUT2D eigenvalue weighted by molar-refractivity contribution is -0.147. The lowest BCUT2D eigenvalue weighted by Crippen LogP contribution is -2.39. The Kier molecular flexibility index (Phi) is 6.62. The number of sulfonamides is 1. The van der Waals surface area contributed by atoms with Crippen LogP contribution in [-0.2, 0) is 26.2 Å². The molecular weight excluding hydrogens is 422 g/mol. The van der Waals surface area contributed by atoms with E-state index in [0.29, 0.717) is 11.4 Å². The Hall–Kier alpha value is -3.37. The number of benzene rings is 2. The summed E-state index contributed by atoms with van der Waals surface area (Å²) < 4.78 is 37.3. The molecule has 0 aliphatic carbocycles. The van der Waals surface area contributed by atoms with Crippen LogP contribution in [0.5, 0.6) is 0 Å². The number of ketones is 1. The Balaban J connectivity index is 1.59. The molecule has 3 rings (SSSR count). The van der Waals surface area contributed by atoms with Crippen molar-refractivity contribution >= 4 is 21.8 Å². The van der Waals surface area contributed by atoms with Crippen LogP contribution in [0, 0.1) is 6.92 Å². The Morgan fingerprint density at radius 3 is 2.45 bits per heavy atom. The van der Waals surface area contributed by atoms with Crippen molar-refractivity contribution in [3.8, 4) is 11.4 Å². The van der Waals surface area contributed by atoms with Crippen molar-refractivity contribution in [3.05, 3.63) is 65.5 Å². The van der Waals surface area contributed by atoms with E-state index in [-0.39, 0.29) is 23.2 Å². The molecule has 1 unspecified atom stereocenters. The van der Waals surface area contributed by atoms with Gasteiger partial charge in [-0.3, -0.25) is 9.59 Å². The first-order valence-corrected chi connectivity index (χ1v) is 10.8. The van der Waals surface area contributed by atoms with E-state index >= 15 is 0 Å². The van der Waals surface area contributed by atoms with E-state index in [1.165, 1.54) is 38.1 Å². The Bertz CT molecular complexity index is 1200. The van der Waals surface area contributed by atoms with Crippen LogP contribution in [0.15, 0.2) is 57.9 Å². The highest BCUT2D eigenvalue weighted by atomic mass is 32.2. The molecule has 0 aliphatic rings. The second kappa shape index (κ2) is 9.19. The van der Waals surface area contributed by atoms with Gasteiger partial charge in [0, 0.05) is 11.1 Å². The summed E-state index contributed by atoms with van der Waals surface area (Å²) in [6.45, 7) is 4.35. The standard InChI is InChI=1S/C21H21N3O6S/c1-13-6-4-5-7-18(13)20-22-19(30-23-20)12-29-21(26)14(2)24-31(27,28)17-10-8-16(9-11-17)15(3)25/h4-11,14,24H,12H2,1-3H3. The monoisotopic (exact) mass is 443 g/mol. The largest absolute Gasteiger partial charge is 0.454 e. The zero-order chi connectivity index (χ0) is 22.6. The molecule has 9 nitrogen and oxygen atoms in total. The van der Waals surface area contributed by atoms with E-state index in [1.807, 2.05) is 31.2 Å². The Morgan fingerprint density at radius 2 is 1.81 bits per heavy atom. The van der Waals surface area contributed by atoms with Crippen LogP contribution in [0.2, 0.25) is 0 Å². The average Bonchev–Trinajstić information content (AvgIpc) is 3.20. The summed E-state index contributed by atoms with van der Waals surface area (Å²) in [6, 6.07) is 11.7. The molecule has 1 atom stereocenters. The van der Waals surface area contributed by atoms with E-state index in [0.717, 1.165) is 11.1 Å². The third-order valence-electron chi connectivity index (χ3n) is 4.45. The topological polar surface area (TPSA) is 128 Å². The highest BCUT2D eigenvalue weighted by molar-refractivity contribution is 7.89. The third-order valence-corrected chi connectivity index (χ3v) is 6.01. The maximum Gasteiger partial charge on any atom is 0.324 e. The van der Waals surface area contributed by atoms with Crippen LogP contribution in [0.4, 0.5) is 0 Å². The molecule has 31 heavy (non-hydrogen) atoms. The molecule has 0 amide bonds. The summed E-state index contributed by atoms with van der Waals surface area (Å²) >= 11 is 0. The van der Waals surface area contributed by atoms with Gasteiger partial charge in [-0.15, -0.1) is 0 Å². The van der Waals surface area contributed by atoms with Crippen molar-refractivity contribution in [3.63, 3.8) is 0 Å². The first-order valence-electron chi connectivity index (χ1n) is 9.36. The second-order valence-corrected chi connectivity index (χ2v) is 8.57. The zero-order valence-electron chi connectivity index (χ0n) is 17.2. The van der Waals surface area contributed by atoms with Gasteiger partial charge in [0.2, 0.25) is 15.8 Å². The summed E-state index contributed by atoms with van der Waals surface area (Å²) in [7, 11) is -3.98. The fourth-order valence-corrected chi connectivity index (χ4v) is 3.91. The van der Waals surface area contributed by atoms with Crippen LogP contribution in [0.1, 0.15) is 35.7 Å². The van der Waals surface area contributed by atoms with Crippen LogP contribution >= 0.6 is 0 Å². The van der Waals surface area contributed by atoms with E-state index in [1.54, 1.807) is 0 Å². The number of ether oxygens (including phenoxy) is 1. The molecular formula is C21H21N3O6S. The zero-order valence-corrected chi connectivity index (χ0v) is 18.0. The number of nitrogens with zero attached hydrogens (tertiary/aromatic N) is 2. The number of Topliss-reactive ketones (excluding diaryl/α,β-unsaturated/α-hetero) is 1. The third kappa shape index (κ3) is 5.41. The molecule has 0 bridgehead atoms. The molecule has 0 radical (unpaired) electrons. The van der Waals surface area contributed by atoms with Crippen LogP contribution in [0.25, 0.3) is 11.4 Å². The molecule has 0 saturated heterocycles. The lowest BCUT2D eigenvalue weighted by Gasteiger charge is -2.13. The fourth-order valence-electron chi connectivity index (χ4n) is 2.72. The van der Waals surface area contributed by atoms with Crippen molar-refractivity contribution < 1.29 is 27.3 Å². The number of aromatic nitrogens is 2. The number of esters is 1. The molecule has 162 valence electrons. The smallest absolute Gasteiger partial charge is 0.324 e. The minimum atomic E-state index is -3.98. The summed E-state index contributed by atoms with van der Waals surface area (Å²) in [4.78, 5) is 27.7. The summed E-state index contributed by atoms with van der Waals surface area (Å²) in [5.41, 5.74) is 2.14. The fraction of sp³-hybridized carbons (Fsp3) is 0.238. The summed E-state index contributed by atoms with van der Waals surface area (Å²) in [6.07, 6.45) is 0. The van der Waals surface area contributed by atoms with Crippen LogP contribution < -0.4 is 4.72 Å². The van der Waals surface area contributed by atoms with Gasteiger partial charge in [-0.05, 0) is 38.5 Å². The first-order chi connectivity index (χ1) is 14.7. The van der Waals surface area contributed by atoms with Gasteiger partial charge in [-0.1, -0.05) is 41.6 Å². The highest BCUT2D eigenvalue weighted by Gasteiger charge is 2.24. The second-order valence-electron chi connectivity index (χ2n) is 6.86. The van der Waals surface area contributed by atoms with Gasteiger partial charge >= 0.3 is 5.97 Å². The van der Waals surface area contributed by atoms with Gasteiger partial charge in [-0.2, -0.15) is 9.71 Å². The van der Waals surface area contributed by atoms with E-state index < -0.39 is 22.0 Å². The molecule has 2 aromatic carbocycles. The van der Waals surface area contributed by atoms with Crippen molar-refractivity contribution in [2.24, 2.45) is 0 Å². The normalized spacial score (nSPS) is 12.4. The number of nitrogens with one attached hydrogen (secondary N) is 1. The molecule has 0 spiro atoms. The van der Waals surface area contributed by atoms with Crippen LogP contribution in [-0.4, -0.2) is 36.4 Å². The van der Waals surface area contributed by atoms with Crippen molar-refractivity contribution in [2.75, 3.05) is 0 Å². The van der Waals surface area contributed by atoms with E-state index in [2.05, 4.69) is 14.9 Å². The van der Waals surface area contributed by atoms with Gasteiger partial charge in [0.05, 0.1) is 4.90 Å². The van der Waals surface area contributed by atoms with Gasteiger partial charge < -0.3 is 9.26 Å².